The summed E-state index contributed by atoms with van der Waals surface area (Å²) in [6.07, 6.45) is 1.32. The average molecular weight is 375 g/mol. The van der Waals surface area contributed by atoms with Crippen molar-refractivity contribution in [1.29, 1.82) is 0 Å². The second kappa shape index (κ2) is 6.89. The highest BCUT2D eigenvalue weighted by Gasteiger charge is 2.28. The summed E-state index contributed by atoms with van der Waals surface area (Å²) < 4.78 is 27.2. The molecule has 1 aliphatic heterocycles. The molecule has 0 radical (unpaired) electrons. The maximum Gasteiger partial charge on any atom is 0.218 e. The zero-order valence-corrected chi connectivity index (χ0v) is 14.3. The molecule has 0 aromatic heterocycles. The summed E-state index contributed by atoms with van der Waals surface area (Å²) in [7, 11) is -3.32. The van der Waals surface area contributed by atoms with Crippen LogP contribution in [0.1, 0.15) is 25.3 Å². The second-order valence-corrected chi connectivity index (χ2v) is 8.04. The fourth-order valence-electron chi connectivity index (χ4n) is 2.47. The van der Waals surface area contributed by atoms with Crippen LogP contribution >= 0.6 is 15.9 Å². The molecule has 1 amide bonds. The van der Waals surface area contributed by atoms with Crippen LogP contribution in [-0.2, 0) is 20.6 Å². The third kappa shape index (κ3) is 4.52. The average Bonchev–Trinajstić information content (AvgIpc) is 2.41. The van der Waals surface area contributed by atoms with Crippen molar-refractivity contribution in [3.63, 3.8) is 0 Å². The van der Waals surface area contributed by atoms with E-state index in [0.717, 1.165) is 10.0 Å². The number of amides is 1. The predicted molar refractivity (Wildman–Crippen MR) is 85.2 cm³/mol. The van der Waals surface area contributed by atoms with Gasteiger partial charge in [0.15, 0.2) is 0 Å². The number of nitrogens with one attached hydrogen (secondary N) is 1. The second-order valence-electron chi connectivity index (χ2n) is 5.22. The molecule has 1 fully saturated rings. The monoisotopic (exact) mass is 374 g/mol. The first kappa shape index (κ1) is 16.5. The molecule has 1 N–H and O–H groups in total. The lowest BCUT2D eigenvalue weighted by Gasteiger charge is -2.31. The lowest BCUT2D eigenvalue weighted by molar-refractivity contribution is -0.119. The van der Waals surface area contributed by atoms with E-state index in [9.17, 15) is 13.2 Å². The van der Waals surface area contributed by atoms with Crippen LogP contribution in [0.2, 0.25) is 0 Å². The summed E-state index contributed by atoms with van der Waals surface area (Å²) in [4.78, 5) is 11.0. The van der Waals surface area contributed by atoms with Crippen molar-refractivity contribution in [2.24, 2.45) is 0 Å². The van der Waals surface area contributed by atoms with Gasteiger partial charge >= 0.3 is 0 Å². The first-order valence-electron chi connectivity index (χ1n) is 6.87. The van der Waals surface area contributed by atoms with E-state index in [0.29, 0.717) is 25.9 Å². The zero-order valence-electron chi connectivity index (χ0n) is 11.9. The molecule has 0 bridgehead atoms. The molecular formula is C14H19BrN2O3S. The molecule has 7 heteroatoms. The molecular weight excluding hydrogens is 356 g/mol. The SMILES string of the molecule is CC(=O)NC1CCN(S(=O)(=O)Cc2ccccc2Br)CC1. The maximum absolute atomic E-state index is 12.5. The van der Waals surface area contributed by atoms with Crippen LogP contribution in [0.4, 0.5) is 0 Å². The number of benzene rings is 1. The highest BCUT2D eigenvalue weighted by atomic mass is 79.9. The molecule has 116 valence electrons. The number of carbonyl (C=O) groups is 1. The molecule has 0 unspecified atom stereocenters. The topological polar surface area (TPSA) is 66.5 Å². The van der Waals surface area contributed by atoms with Gasteiger partial charge in [0.1, 0.15) is 0 Å². The Bertz CT molecular complexity index is 610. The Kier molecular flexibility index (Phi) is 5.40. The van der Waals surface area contributed by atoms with Crippen molar-refractivity contribution >= 4 is 31.9 Å². The van der Waals surface area contributed by atoms with Gasteiger partial charge in [0.25, 0.3) is 0 Å². The molecule has 0 spiro atoms. The van der Waals surface area contributed by atoms with Gasteiger partial charge in [-0.2, -0.15) is 0 Å². The quantitative estimate of drug-likeness (QED) is 0.874. The van der Waals surface area contributed by atoms with Gasteiger partial charge in [0, 0.05) is 30.5 Å². The molecule has 1 aromatic carbocycles. The highest BCUT2D eigenvalue weighted by Crippen LogP contribution is 2.22. The lowest BCUT2D eigenvalue weighted by Crippen LogP contribution is -2.46. The van der Waals surface area contributed by atoms with E-state index < -0.39 is 10.0 Å². The number of rotatable bonds is 4. The van der Waals surface area contributed by atoms with Gasteiger partial charge in [-0.3, -0.25) is 4.79 Å². The third-order valence-corrected chi connectivity index (χ3v) is 6.15. The Morgan fingerprint density at radius 2 is 1.95 bits per heavy atom. The molecule has 1 saturated heterocycles. The van der Waals surface area contributed by atoms with Crippen molar-refractivity contribution in [2.45, 2.75) is 31.6 Å². The molecule has 0 aliphatic carbocycles. The van der Waals surface area contributed by atoms with Gasteiger partial charge in [-0.25, -0.2) is 12.7 Å². The van der Waals surface area contributed by atoms with Crippen molar-refractivity contribution in [3.8, 4) is 0 Å². The summed E-state index contributed by atoms with van der Waals surface area (Å²) in [5.41, 5.74) is 0.765. The van der Waals surface area contributed by atoms with Crippen LogP contribution in [-0.4, -0.2) is 37.8 Å². The zero-order chi connectivity index (χ0) is 15.5. The lowest BCUT2D eigenvalue weighted by atomic mass is 10.1. The molecule has 0 saturated carbocycles. The highest BCUT2D eigenvalue weighted by molar-refractivity contribution is 9.10. The van der Waals surface area contributed by atoms with Crippen molar-refractivity contribution < 1.29 is 13.2 Å². The van der Waals surface area contributed by atoms with Gasteiger partial charge in [-0.15, -0.1) is 0 Å². The maximum atomic E-state index is 12.5. The summed E-state index contributed by atoms with van der Waals surface area (Å²) >= 11 is 3.38. The minimum atomic E-state index is -3.32. The van der Waals surface area contributed by atoms with Gasteiger partial charge in [0.2, 0.25) is 15.9 Å². The van der Waals surface area contributed by atoms with Crippen molar-refractivity contribution in [3.05, 3.63) is 34.3 Å². The van der Waals surface area contributed by atoms with Gasteiger partial charge in [-0.05, 0) is 24.5 Å². The Hall–Kier alpha value is -0.920. The number of carbonyl (C=O) groups excluding carboxylic acids is 1. The molecule has 1 heterocycles. The van der Waals surface area contributed by atoms with E-state index >= 15 is 0 Å². The standard InChI is InChI=1S/C14H19BrN2O3S/c1-11(18)16-13-6-8-17(9-7-13)21(19,20)10-12-4-2-3-5-14(12)15/h2-5,13H,6-10H2,1H3,(H,16,18). The molecule has 1 aliphatic rings. The molecule has 21 heavy (non-hydrogen) atoms. The largest absolute Gasteiger partial charge is 0.354 e. The smallest absolute Gasteiger partial charge is 0.218 e. The van der Waals surface area contributed by atoms with Crippen LogP contribution in [0.5, 0.6) is 0 Å². The number of sulfonamides is 1. The van der Waals surface area contributed by atoms with Gasteiger partial charge in [-0.1, -0.05) is 34.1 Å². The molecule has 2 rings (SSSR count). The molecule has 5 nitrogen and oxygen atoms in total. The number of hydrogen-bond acceptors (Lipinski definition) is 3. The van der Waals surface area contributed by atoms with Gasteiger partial charge < -0.3 is 5.32 Å². The fourth-order valence-corrected chi connectivity index (χ4v) is 4.67. The first-order chi connectivity index (χ1) is 9.88. The Balaban J connectivity index is 1.99. The Labute approximate surface area is 133 Å². The first-order valence-corrected chi connectivity index (χ1v) is 9.27. The summed E-state index contributed by atoms with van der Waals surface area (Å²) in [6, 6.07) is 7.43. The molecule has 0 atom stereocenters. The van der Waals surface area contributed by atoms with Crippen LogP contribution in [0.25, 0.3) is 0 Å². The van der Waals surface area contributed by atoms with E-state index in [2.05, 4.69) is 21.2 Å². The minimum absolute atomic E-state index is 0.000767. The third-order valence-electron chi connectivity index (χ3n) is 3.55. The molecule has 1 aromatic rings. The number of piperidine rings is 1. The number of halogens is 1. The minimum Gasteiger partial charge on any atom is -0.354 e. The Morgan fingerprint density at radius 3 is 2.52 bits per heavy atom. The van der Waals surface area contributed by atoms with Crippen molar-refractivity contribution in [1.82, 2.24) is 9.62 Å². The van der Waals surface area contributed by atoms with E-state index in [4.69, 9.17) is 0 Å². The van der Waals surface area contributed by atoms with E-state index in [1.807, 2.05) is 24.3 Å². The summed E-state index contributed by atoms with van der Waals surface area (Å²) in [5, 5.41) is 2.84. The predicted octanol–water partition coefficient (Wildman–Crippen LogP) is 1.88. The van der Waals surface area contributed by atoms with E-state index in [1.54, 1.807) is 0 Å². The van der Waals surface area contributed by atoms with Crippen molar-refractivity contribution in [2.75, 3.05) is 13.1 Å². The van der Waals surface area contributed by atoms with Crippen LogP contribution < -0.4 is 5.32 Å². The number of hydrogen-bond donors (Lipinski definition) is 1. The normalized spacial score (nSPS) is 17.6. The van der Waals surface area contributed by atoms with Gasteiger partial charge in [0.05, 0.1) is 5.75 Å². The van der Waals surface area contributed by atoms with E-state index in [-0.39, 0.29) is 17.7 Å². The Morgan fingerprint density at radius 1 is 1.33 bits per heavy atom. The summed E-state index contributed by atoms with van der Waals surface area (Å²) in [6.45, 7) is 2.39. The number of nitrogens with zero attached hydrogens (tertiary/aromatic N) is 1. The van der Waals surface area contributed by atoms with E-state index in [1.165, 1.54) is 11.2 Å². The van der Waals surface area contributed by atoms with Crippen LogP contribution in [0, 0.1) is 0 Å². The van der Waals surface area contributed by atoms with Crippen LogP contribution in [0.3, 0.4) is 0 Å². The fraction of sp³-hybridized carbons (Fsp3) is 0.500. The van der Waals surface area contributed by atoms with Crippen LogP contribution in [0.15, 0.2) is 28.7 Å². The summed E-state index contributed by atoms with van der Waals surface area (Å²) in [5.74, 6) is -0.0660.